The van der Waals surface area contributed by atoms with Crippen LogP contribution in [0.5, 0.6) is 5.75 Å². The van der Waals surface area contributed by atoms with Crippen LogP contribution in [0.4, 0.5) is 0 Å². The Hall–Kier alpha value is -1.06. The fourth-order valence-corrected chi connectivity index (χ4v) is 1.58. The molecule has 0 aliphatic rings. The van der Waals surface area contributed by atoms with Gasteiger partial charge in [0, 0.05) is 5.92 Å². The largest absolute Gasteiger partial charge is 0.494 e. The Morgan fingerprint density at radius 1 is 1.31 bits per heavy atom. The second-order valence-corrected chi connectivity index (χ2v) is 4.11. The first kappa shape index (κ1) is 13.0. The normalized spacial score (nSPS) is 14.5. The molecule has 0 heterocycles. The quantitative estimate of drug-likeness (QED) is 0.726. The second kappa shape index (κ2) is 6.51. The Kier molecular flexibility index (Phi) is 5.29. The van der Waals surface area contributed by atoms with E-state index in [-0.39, 0.29) is 5.92 Å². The van der Waals surface area contributed by atoms with Crippen molar-refractivity contribution >= 4 is 0 Å². The highest BCUT2D eigenvalue weighted by molar-refractivity contribution is 5.26. The smallest absolute Gasteiger partial charge is 0.119 e. The summed E-state index contributed by atoms with van der Waals surface area (Å²) in [6, 6.07) is 7.94. The first-order valence-electron chi connectivity index (χ1n) is 5.76. The zero-order valence-corrected chi connectivity index (χ0v) is 10.0. The van der Waals surface area contributed by atoms with E-state index in [1.807, 2.05) is 38.1 Å². The molecule has 1 aromatic rings. The van der Waals surface area contributed by atoms with E-state index in [2.05, 4.69) is 0 Å². The molecule has 3 heteroatoms. The zero-order valence-electron chi connectivity index (χ0n) is 10.0. The van der Waals surface area contributed by atoms with E-state index in [4.69, 9.17) is 10.5 Å². The Bertz CT molecular complexity index is 295. The molecule has 0 fully saturated rings. The van der Waals surface area contributed by atoms with E-state index in [1.54, 1.807) is 0 Å². The fraction of sp³-hybridized carbons (Fsp3) is 0.538. The molecule has 0 saturated carbocycles. The second-order valence-electron chi connectivity index (χ2n) is 4.11. The van der Waals surface area contributed by atoms with Crippen LogP contribution in [-0.4, -0.2) is 17.9 Å². The maximum absolute atomic E-state index is 9.27. The number of rotatable bonds is 6. The molecule has 0 aromatic heterocycles. The average Bonchev–Trinajstić information content (AvgIpc) is 2.26. The monoisotopic (exact) mass is 223 g/mol. The molecule has 0 bridgehead atoms. The van der Waals surface area contributed by atoms with Gasteiger partial charge < -0.3 is 15.6 Å². The van der Waals surface area contributed by atoms with Crippen LogP contribution in [0.15, 0.2) is 24.3 Å². The van der Waals surface area contributed by atoms with Crippen molar-refractivity contribution in [3.05, 3.63) is 29.8 Å². The van der Waals surface area contributed by atoms with Gasteiger partial charge in [0.15, 0.2) is 0 Å². The topological polar surface area (TPSA) is 55.5 Å². The standard InChI is InChI=1S/C13H21NO2/c1-3-11(13(14)15)8-9-16-12-6-4-10(2)5-7-12/h4-7,11,13,15H,3,8-9,14H2,1-2H3. The number of aliphatic hydroxyl groups excluding tert-OH is 1. The molecule has 0 aliphatic heterocycles. The van der Waals surface area contributed by atoms with Crippen LogP contribution >= 0.6 is 0 Å². The van der Waals surface area contributed by atoms with Gasteiger partial charge in [0.2, 0.25) is 0 Å². The molecule has 0 saturated heterocycles. The number of benzene rings is 1. The summed E-state index contributed by atoms with van der Waals surface area (Å²) < 4.78 is 5.58. The van der Waals surface area contributed by atoms with Crippen molar-refractivity contribution in [3.8, 4) is 5.75 Å². The maximum atomic E-state index is 9.27. The van der Waals surface area contributed by atoms with E-state index in [9.17, 15) is 5.11 Å². The van der Waals surface area contributed by atoms with Gasteiger partial charge in [0.25, 0.3) is 0 Å². The van der Waals surface area contributed by atoms with Crippen molar-refractivity contribution in [2.45, 2.75) is 32.9 Å². The van der Waals surface area contributed by atoms with Crippen molar-refractivity contribution in [2.24, 2.45) is 11.7 Å². The molecule has 0 amide bonds. The first-order valence-corrected chi connectivity index (χ1v) is 5.76. The van der Waals surface area contributed by atoms with Gasteiger partial charge in [-0.3, -0.25) is 0 Å². The lowest BCUT2D eigenvalue weighted by Gasteiger charge is -2.17. The van der Waals surface area contributed by atoms with Crippen molar-refractivity contribution in [3.63, 3.8) is 0 Å². The number of aliphatic hydroxyl groups is 1. The Morgan fingerprint density at radius 3 is 2.44 bits per heavy atom. The SMILES string of the molecule is CCC(CCOc1ccc(C)cc1)C(N)O. The molecule has 2 unspecified atom stereocenters. The molecule has 90 valence electrons. The summed E-state index contributed by atoms with van der Waals surface area (Å²) in [5.74, 6) is 0.984. The fourth-order valence-electron chi connectivity index (χ4n) is 1.58. The highest BCUT2D eigenvalue weighted by atomic mass is 16.5. The van der Waals surface area contributed by atoms with Crippen molar-refractivity contribution in [1.82, 2.24) is 0 Å². The third-order valence-corrected chi connectivity index (χ3v) is 2.79. The summed E-state index contributed by atoms with van der Waals surface area (Å²) in [5.41, 5.74) is 6.67. The number of hydrogen-bond donors (Lipinski definition) is 2. The summed E-state index contributed by atoms with van der Waals surface area (Å²) in [6.07, 6.45) is 0.906. The summed E-state index contributed by atoms with van der Waals surface area (Å²) in [6.45, 7) is 4.66. The highest BCUT2D eigenvalue weighted by Gasteiger charge is 2.12. The molecular weight excluding hydrogens is 202 g/mol. The third kappa shape index (κ3) is 4.21. The van der Waals surface area contributed by atoms with Gasteiger partial charge in [-0.05, 0) is 31.9 Å². The minimum absolute atomic E-state index is 0.116. The van der Waals surface area contributed by atoms with Gasteiger partial charge in [-0.25, -0.2) is 0 Å². The minimum atomic E-state index is -0.744. The van der Waals surface area contributed by atoms with E-state index in [1.165, 1.54) is 5.56 Å². The van der Waals surface area contributed by atoms with Crippen molar-refractivity contribution in [2.75, 3.05) is 6.61 Å². The van der Waals surface area contributed by atoms with Crippen molar-refractivity contribution < 1.29 is 9.84 Å². The highest BCUT2D eigenvalue weighted by Crippen LogP contribution is 2.14. The molecule has 0 radical (unpaired) electrons. The van der Waals surface area contributed by atoms with Gasteiger partial charge in [0.05, 0.1) is 6.61 Å². The van der Waals surface area contributed by atoms with Gasteiger partial charge in [-0.2, -0.15) is 0 Å². The van der Waals surface area contributed by atoms with Crippen molar-refractivity contribution in [1.29, 1.82) is 0 Å². The molecule has 3 nitrogen and oxygen atoms in total. The number of hydrogen-bond acceptors (Lipinski definition) is 3. The first-order chi connectivity index (χ1) is 7.63. The van der Waals surface area contributed by atoms with Gasteiger partial charge in [-0.15, -0.1) is 0 Å². The summed E-state index contributed by atoms with van der Waals surface area (Å²) in [4.78, 5) is 0. The molecule has 1 aromatic carbocycles. The van der Waals surface area contributed by atoms with Crippen LogP contribution in [0.3, 0.4) is 0 Å². The summed E-state index contributed by atoms with van der Waals surface area (Å²) >= 11 is 0. The Morgan fingerprint density at radius 2 is 1.94 bits per heavy atom. The van der Waals surface area contributed by atoms with E-state index < -0.39 is 6.23 Å². The summed E-state index contributed by atoms with van der Waals surface area (Å²) in [5, 5.41) is 9.27. The predicted octanol–water partition coefficient (Wildman–Crippen LogP) is 2.07. The summed E-state index contributed by atoms with van der Waals surface area (Å²) in [7, 11) is 0. The van der Waals surface area contributed by atoms with Crippen LogP contribution in [0.25, 0.3) is 0 Å². The molecule has 0 spiro atoms. The number of ether oxygens (including phenoxy) is 1. The molecular formula is C13H21NO2. The Labute approximate surface area is 97.2 Å². The van der Waals surface area contributed by atoms with E-state index in [0.717, 1.165) is 18.6 Å². The van der Waals surface area contributed by atoms with Gasteiger partial charge >= 0.3 is 0 Å². The lowest BCUT2D eigenvalue weighted by molar-refractivity contribution is 0.0954. The van der Waals surface area contributed by atoms with Crippen LogP contribution in [0.1, 0.15) is 25.3 Å². The lowest BCUT2D eigenvalue weighted by atomic mass is 10.0. The molecule has 1 rings (SSSR count). The number of aryl methyl sites for hydroxylation is 1. The molecule has 2 atom stereocenters. The van der Waals surface area contributed by atoms with Gasteiger partial charge in [0.1, 0.15) is 12.0 Å². The predicted molar refractivity (Wildman–Crippen MR) is 65.3 cm³/mol. The van der Waals surface area contributed by atoms with Crippen LogP contribution in [0, 0.1) is 12.8 Å². The molecule has 3 N–H and O–H groups in total. The van der Waals surface area contributed by atoms with E-state index >= 15 is 0 Å². The third-order valence-electron chi connectivity index (χ3n) is 2.79. The maximum Gasteiger partial charge on any atom is 0.119 e. The van der Waals surface area contributed by atoms with Gasteiger partial charge in [-0.1, -0.05) is 24.6 Å². The van der Waals surface area contributed by atoms with Crippen LogP contribution < -0.4 is 10.5 Å². The van der Waals surface area contributed by atoms with Crippen LogP contribution in [-0.2, 0) is 0 Å². The Balaban J connectivity index is 2.32. The van der Waals surface area contributed by atoms with E-state index in [0.29, 0.717) is 6.61 Å². The lowest BCUT2D eigenvalue weighted by Crippen LogP contribution is -2.30. The number of nitrogens with two attached hydrogens (primary N) is 1. The molecule has 0 aliphatic carbocycles. The molecule has 16 heavy (non-hydrogen) atoms. The van der Waals surface area contributed by atoms with Crippen LogP contribution in [0.2, 0.25) is 0 Å². The minimum Gasteiger partial charge on any atom is -0.494 e. The zero-order chi connectivity index (χ0) is 12.0. The average molecular weight is 223 g/mol.